The van der Waals surface area contributed by atoms with Crippen molar-refractivity contribution < 1.29 is 18.6 Å². The summed E-state index contributed by atoms with van der Waals surface area (Å²) < 4.78 is 24.0. The predicted molar refractivity (Wildman–Crippen MR) is 153 cm³/mol. The van der Waals surface area contributed by atoms with Crippen LogP contribution in [0.4, 0.5) is 5.88 Å². The number of nitrogens with zero attached hydrogens (tertiary/aromatic N) is 2. The quantitative estimate of drug-likeness (QED) is 0.331. The molecule has 2 fully saturated rings. The molecule has 0 amide bonds. The van der Waals surface area contributed by atoms with E-state index in [0.29, 0.717) is 24.9 Å². The molecule has 206 valence electrons. The maximum atomic E-state index is 12.6. The van der Waals surface area contributed by atoms with Gasteiger partial charge in [-0.2, -0.15) is 0 Å². The topological polar surface area (TPSA) is 64.4 Å². The fourth-order valence-electron chi connectivity index (χ4n) is 5.82. The second-order valence-corrected chi connectivity index (χ2v) is 11.9. The van der Waals surface area contributed by atoms with Gasteiger partial charge in [0.05, 0.1) is 25.4 Å². The Hall–Kier alpha value is -2.78. The third kappa shape index (κ3) is 6.04. The molecule has 0 saturated carbocycles. The van der Waals surface area contributed by atoms with E-state index in [1.54, 1.807) is 23.9 Å². The van der Waals surface area contributed by atoms with Crippen LogP contribution in [0.25, 0.3) is 11.3 Å². The lowest BCUT2D eigenvalue weighted by atomic mass is 10.0. The van der Waals surface area contributed by atoms with Gasteiger partial charge in [0.2, 0.25) is 0 Å². The van der Waals surface area contributed by atoms with Crippen LogP contribution in [-0.2, 0) is 15.9 Å². The second-order valence-electron chi connectivity index (χ2n) is 10.8. The first-order valence-corrected chi connectivity index (χ1v) is 14.7. The van der Waals surface area contributed by atoms with E-state index in [4.69, 9.17) is 18.6 Å². The lowest BCUT2D eigenvalue weighted by Gasteiger charge is -2.36. The number of hydrogen-bond donors (Lipinski definition) is 0. The monoisotopic (exact) mass is 548 g/mol. The van der Waals surface area contributed by atoms with Crippen LogP contribution in [0.2, 0.25) is 0 Å². The average molecular weight is 549 g/mol. The molecule has 0 radical (unpaired) electrons. The molecular formula is C31H36N2O5S. The van der Waals surface area contributed by atoms with Crippen LogP contribution in [0, 0.1) is 0 Å². The van der Waals surface area contributed by atoms with Crippen LogP contribution >= 0.6 is 11.8 Å². The van der Waals surface area contributed by atoms with Crippen LogP contribution in [0.3, 0.4) is 0 Å². The normalized spacial score (nSPS) is 22.2. The van der Waals surface area contributed by atoms with Gasteiger partial charge in [0, 0.05) is 60.2 Å². The Bertz CT molecular complexity index is 1380. The average Bonchev–Trinajstić information content (AvgIpc) is 2.91. The minimum absolute atomic E-state index is 0.0477. The Morgan fingerprint density at radius 1 is 1.03 bits per heavy atom. The number of benzene rings is 2. The molecule has 2 aromatic carbocycles. The first kappa shape index (κ1) is 26.4. The first-order valence-electron chi connectivity index (χ1n) is 13.9. The summed E-state index contributed by atoms with van der Waals surface area (Å²) in [7, 11) is 0. The van der Waals surface area contributed by atoms with Gasteiger partial charge >= 0.3 is 0 Å². The van der Waals surface area contributed by atoms with Gasteiger partial charge in [0.15, 0.2) is 11.3 Å². The van der Waals surface area contributed by atoms with Crippen LogP contribution in [0.1, 0.15) is 31.9 Å². The molecule has 7 nitrogen and oxygen atoms in total. The van der Waals surface area contributed by atoms with Crippen molar-refractivity contribution in [3.63, 3.8) is 0 Å². The van der Waals surface area contributed by atoms with Crippen molar-refractivity contribution in [1.29, 1.82) is 0 Å². The molecule has 4 heterocycles. The van der Waals surface area contributed by atoms with Crippen molar-refractivity contribution in [2.24, 2.45) is 0 Å². The van der Waals surface area contributed by atoms with Gasteiger partial charge in [0.1, 0.15) is 17.6 Å². The zero-order valence-electron chi connectivity index (χ0n) is 22.9. The molecule has 2 saturated heterocycles. The summed E-state index contributed by atoms with van der Waals surface area (Å²) in [5.74, 6) is 2.12. The van der Waals surface area contributed by atoms with E-state index in [2.05, 4.69) is 54.8 Å². The van der Waals surface area contributed by atoms with Crippen LogP contribution < -0.4 is 15.1 Å². The van der Waals surface area contributed by atoms with E-state index < -0.39 is 0 Å². The van der Waals surface area contributed by atoms with E-state index in [0.717, 1.165) is 55.4 Å². The van der Waals surface area contributed by atoms with Gasteiger partial charge < -0.3 is 23.5 Å². The third-order valence-electron chi connectivity index (χ3n) is 7.41. The van der Waals surface area contributed by atoms with Crippen LogP contribution in [0.5, 0.6) is 5.75 Å². The van der Waals surface area contributed by atoms with Crippen molar-refractivity contribution in [2.45, 2.75) is 55.3 Å². The van der Waals surface area contributed by atoms with Gasteiger partial charge in [-0.15, -0.1) is 0 Å². The van der Waals surface area contributed by atoms with Crippen molar-refractivity contribution in [2.75, 3.05) is 50.8 Å². The Labute approximate surface area is 234 Å². The zero-order chi connectivity index (χ0) is 26.9. The predicted octanol–water partition coefficient (Wildman–Crippen LogP) is 5.08. The summed E-state index contributed by atoms with van der Waals surface area (Å²) in [4.78, 5) is 19.5. The highest BCUT2D eigenvalue weighted by Crippen LogP contribution is 2.45. The highest BCUT2D eigenvalue weighted by molar-refractivity contribution is 7.99. The maximum absolute atomic E-state index is 12.6. The van der Waals surface area contributed by atoms with E-state index in [1.165, 1.54) is 16.0 Å². The first-order chi connectivity index (χ1) is 18.9. The van der Waals surface area contributed by atoms with E-state index >= 15 is 0 Å². The van der Waals surface area contributed by atoms with Gasteiger partial charge in [-0.25, -0.2) is 0 Å². The summed E-state index contributed by atoms with van der Waals surface area (Å²) in [6.07, 6.45) is 1.39. The fraction of sp³-hybridized carbons (Fsp3) is 0.452. The summed E-state index contributed by atoms with van der Waals surface area (Å²) in [6, 6.07) is 15.8. The summed E-state index contributed by atoms with van der Waals surface area (Å²) >= 11 is 1.73. The molecule has 1 aromatic heterocycles. The Balaban J connectivity index is 1.19. The lowest BCUT2D eigenvalue weighted by Crippen LogP contribution is -2.48. The van der Waals surface area contributed by atoms with Crippen molar-refractivity contribution in [1.82, 2.24) is 4.90 Å². The third-order valence-corrected chi connectivity index (χ3v) is 8.72. The summed E-state index contributed by atoms with van der Waals surface area (Å²) in [6.45, 7) is 11.9. The molecule has 8 heteroatoms. The zero-order valence-corrected chi connectivity index (χ0v) is 23.7. The molecule has 0 aliphatic carbocycles. The minimum atomic E-state index is -0.0477. The molecule has 0 N–H and O–H groups in total. The molecule has 0 spiro atoms. The van der Waals surface area contributed by atoms with Crippen molar-refractivity contribution >= 4 is 17.6 Å². The molecule has 0 bridgehead atoms. The van der Waals surface area contributed by atoms with Crippen molar-refractivity contribution in [3.05, 3.63) is 69.9 Å². The summed E-state index contributed by atoms with van der Waals surface area (Å²) in [5.41, 5.74) is 3.39. The van der Waals surface area contributed by atoms with Gasteiger partial charge in [-0.3, -0.25) is 9.69 Å². The highest BCUT2D eigenvalue weighted by atomic mass is 32.2. The highest BCUT2D eigenvalue weighted by Gasteiger charge is 2.25. The van der Waals surface area contributed by atoms with Crippen LogP contribution in [-0.4, -0.2) is 69.1 Å². The Kier molecular flexibility index (Phi) is 7.71. The van der Waals surface area contributed by atoms with E-state index in [9.17, 15) is 4.79 Å². The molecule has 39 heavy (non-hydrogen) atoms. The SMILES string of the molecule is C[C@@H]1CN(C[C@H](C)Oc2ccc3c(c2)Cc2cccc(-c4cc(=O)cc(N5CCOCC5)o4)c2S3)C[C@H](C)O1. The molecular weight excluding hydrogens is 512 g/mol. The number of rotatable bonds is 6. The number of hydrogen-bond acceptors (Lipinski definition) is 8. The molecule has 0 unspecified atom stereocenters. The molecule has 3 aromatic rings. The maximum Gasteiger partial charge on any atom is 0.200 e. The standard InChI is InChI=1S/C31H36N2O5S/c1-20-17-32(18-21(2)36-20)19-22(3)37-26-7-8-29-24(14-26)13-23-5-4-6-27(31(23)39-29)28-15-25(34)16-30(38-28)33-9-11-35-12-10-33/h4-8,14-16,20-22H,9-13,17-19H2,1-3H3/t20-,21+,22-/m0/s1. The number of morpholine rings is 2. The molecule has 6 rings (SSSR count). The van der Waals surface area contributed by atoms with Crippen molar-refractivity contribution in [3.8, 4) is 17.1 Å². The minimum Gasteiger partial charge on any atom is -0.489 e. The van der Waals surface area contributed by atoms with E-state index in [-0.39, 0.29) is 23.7 Å². The van der Waals surface area contributed by atoms with Gasteiger partial charge in [0.25, 0.3) is 0 Å². The van der Waals surface area contributed by atoms with Crippen LogP contribution in [0.15, 0.2) is 67.5 Å². The van der Waals surface area contributed by atoms with Gasteiger partial charge in [-0.05, 0) is 56.5 Å². The van der Waals surface area contributed by atoms with E-state index in [1.807, 2.05) is 12.1 Å². The number of fused-ring (bicyclic) bond motifs is 2. The molecule has 3 aliphatic heterocycles. The fourth-order valence-corrected chi connectivity index (χ4v) is 6.99. The molecule has 3 aliphatic rings. The lowest BCUT2D eigenvalue weighted by molar-refractivity contribution is -0.0740. The number of ether oxygens (including phenoxy) is 3. The summed E-state index contributed by atoms with van der Waals surface area (Å²) in [5, 5.41) is 0. The largest absolute Gasteiger partial charge is 0.489 e. The second kappa shape index (κ2) is 11.4. The molecule has 3 atom stereocenters. The smallest absolute Gasteiger partial charge is 0.200 e. The Morgan fingerprint density at radius 3 is 2.62 bits per heavy atom. The van der Waals surface area contributed by atoms with Gasteiger partial charge in [-0.1, -0.05) is 30.0 Å². The number of anilines is 1. The Morgan fingerprint density at radius 2 is 1.82 bits per heavy atom.